The number of anilines is 2. The minimum absolute atomic E-state index is 0.0719. The number of nitrogens with one attached hydrogen (secondary N) is 1. The SMILES string of the molecule is CCc1ccc(NC(=O)c2ccc3c(c2)CCN3S(=O)(=O)CC)cc1. The Morgan fingerprint density at radius 2 is 1.84 bits per heavy atom. The average molecular weight is 358 g/mol. The van der Waals surface area contributed by atoms with Crippen LogP contribution in [0.5, 0.6) is 0 Å². The van der Waals surface area contributed by atoms with Crippen molar-refractivity contribution in [1.29, 1.82) is 0 Å². The molecule has 2 aromatic rings. The van der Waals surface area contributed by atoms with Crippen LogP contribution in [0, 0.1) is 0 Å². The summed E-state index contributed by atoms with van der Waals surface area (Å²) in [4.78, 5) is 12.5. The van der Waals surface area contributed by atoms with Crippen molar-refractivity contribution in [2.45, 2.75) is 26.7 Å². The van der Waals surface area contributed by atoms with E-state index in [4.69, 9.17) is 0 Å². The van der Waals surface area contributed by atoms with Crippen molar-refractivity contribution in [3.8, 4) is 0 Å². The number of benzene rings is 2. The summed E-state index contributed by atoms with van der Waals surface area (Å²) in [5.41, 5.74) is 4.08. The van der Waals surface area contributed by atoms with E-state index in [0.29, 0.717) is 24.2 Å². The summed E-state index contributed by atoms with van der Waals surface area (Å²) in [6.45, 7) is 4.16. The molecular weight excluding hydrogens is 336 g/mol. The van der Waals surface area contributed by atoms with E-state index in [-0.39, 0.29) is 11.7 Å². The molecule has 0 spiro atoms. The van der Waals surface area contributed by atoms with Gasteiger partial charge in [-0.3, -0.25) is 9.10 Å². The molecule has 0 fully saturated rings. The van der Waals surface area contributed by atoms with Crippen molar-refractivity contribution in [2.24, 2.45) is 0 Å². The van der Waals surface area contributed by atoms with E-state index in [0.717, 1.165) is 17.7 Å². The summed E-state index contributed by atoms with van der Waals surface area (Å²) in [6, 6.07) is 13.0. The number of hydrogen-bond acceptors (Lipinski definition) is 3. The Balaban J connectivity index is 1.79. The number of sulfonamides is 1. The standard InChI is InChI=1S/C19H22N2O3S/c1-3-14-5-8-17(9-6-14)20-19(22)16-7-10-18-15(13-16)11-12-21(18)25(23,24)4-2/h5-10,13H,3-4,11-12H2,1-2H3,(H,20,22). The number of fused-ring (bicyclic) bond motifs is 1. The highest BCUT2D eigenvalue weighted by molar-refractivity contribution is 7.92. The second kappa shape index (κ2) is 6.88. The number of hydrogen-bond donors (Lipinski definition) is 1. The highest BCUT2D eigenvalue weighted by Crippen LogP contribution is 2.31. The fourth-order valence-corrected chi connectivity index (χ4v) is 4.14. The molecule has 1 aliphatic rings. The number of carbonyl (C=O) groups excluding carboxylic acids is 1. The van der Waals surface area contributed by atoms with Crippen LogP contribution in [0.25, 0.3) is 0 Å². The molecule has 0 saturated carbocycles. The van der Waals surface area contributed by atoms with Gasteiger partial charge in [-0.25, -0.2) is 8.42 Å². The fraction of sp³-hybridized carbons (Fsp3) is 0.316. The summed E-state index contributed by atoms with van der Waals surface area (Å²) in [5, 5.41) is 2.88. The molecule has 0 aromatic heterocycles. The van der Waals surface area contributed by atoms with Crippen LogP contribution in [0.15, 0.2) is 42.5 Å². The highest BCUT2D eigenvalue weighted by atomic mass is 32.2. The second-order valence-electron chi connectivity index (χ2n) is 6.07. The van der Waals surface area contributed by atoms with Gasteiger partial charge in [0.25, 0.3) is 5.91 Å². The van der Waals surface area contributed by atoms with Crippen molar-refractivity contribution in [3.05, 3.63) is 59.2 Å². The lowest BCUT2D eigenvalue weighted by Gasteiger charge is -2.18. The zero-order valence-corrected chi connectivity index (χ0v) is 15.3. The Kier molecular flexibility index (Phi) is 4.81. The average Bonchev–Trinajstić information content (AvgIpc) is 3.06. The Labute approximate surface area is 148 Å². The summed E-state index contributed by atoms with van der Waals surface area (Å²) < 4.78 is 25.7. The van der Waals surface area contributed by atoms with Crippen LogP contribution in [-0.4, -0.2) is 26.6 Å². The first kappa shape index (κ1) is 17.5. The van der Waals surface area contributed by atoms with Crippen LogP contribution in [0.2, 0.25) is 0 Å². The van der Waals surface area contributed by atoms with Crippen molar-refractivity contribution in [1.82, 2.24) is 0 Å². The van der Waals surface area contributed by atoms with Gasteiger partial charge in [0.1, 0.15) is 0 Å². The van der Waals surface area contributed by atoms with Crippen molar-refractivity contribution in [3.63, 3.8) is 0 Å². The first-order valence-corrected chi connectivity index (χ1v) is 10.1. The summed E-state index contributed by atoms with van der Waals surface area (Å²) in [5.74, 6) is -0.119. The fourth-order valence-electron chi connectivity index (χ4n) is 2.98. The van der Waals surface area contributed by atoms with Crippen molar-refractivity contribution in [2.75, 3.05) is 21.9 Å². The molecule has 2 aromatic carbocycles. The number of nitrogens with zero attached hydrogens (tertiary/aromatic N) is 1. The lowest BCUT2D eigenvalue weighted by molar-refractivity contribution is 0.102. The molecule has 0 saturated heterocycles. The van der Waals surface area contributed by atoms with Crippen LogP contribution in [0.4, 0.5) is 11.4 Å². The zero-order valence-electron chi connectivity index (χ0n) is 14.5. The van der Waals surface area contributed by atoms with Crippen LogP contribution >= 0.6 is 0 Å². The molecule has 25 heavy (non-hydrogen) atoms. The van der Waals surface area contributed by atoms with Crippen molar-refractivity contribution < 1.29 is 13.2 Å². The number of rotatable bonds is 5. The number of aryl methyl sites for hydroxylation is 1. The topological polar surface area (TPSA) is 66.5 Å². The van der Waals surface area contributed by atoms with Gasteiger partial charge in [-0.1, -0.05) is 19.1 Å². The minimum atomic E-state index is -3.27. The van der Waals surface area contributed by atoms with Gasteiger partial charge in [-0.05, 0) is 61.2 Å². The maximum Gasteiger partial charge on any atom is 0.255 e. The van der Waals surface area contributed by atoms with Crippen LogP contribution in [0.3, 0.4) is 0 Å². The smallest absolute Gasteiger partial charge is 0.255 e. The van der Waals surface area contributed by atoms with E-state index in [1.54, 1.807) is 25.1 Å². The summed E-state index contributed by atoms with van der Waals surface area (Å²) in [7, 11) is -3.27. The largest absolute Gasteiger partial charge is 0.322 e. The van der Waals surface area contributed by atoms with Gasteiger partial charge in [-0.15, -0.1) is 0 Å². The molecule has 1 heterocycles. The highest BCUT2D eigenvalue weighted by Gasteiger charge is 2.28. The lowest BCUT2D eigenvalue weighted by atomic mass is 10.1. The minimum Gasteiger partial charge on any atom is -0.322 e. The molecule has 132 valence electrons. The van der Waals surface area contributed by atoms with E-state index < -0.39 is 10.0 Å². The van der Waals surface area contributed by atoms with Gasteiger partial charge in [0.2, 0.25) is 10.0 Å². The van der Waals surface area contributed by atoms with E-state index in [1.807, 2.05) is 24.3 Å². The Morgan fingerprint density at radius 1 is 1.12 bits per heavy atom. The normalized spacial score (nSPS) is 13.6. The molecule has 0 aliphatic carbocycles. The molecule has 3 rings (SSSR count). The van der Waals surface area contributed by atoms with E-state index in [1.165, 1.54) is 9.87 Å². The Morgan fingerprint density at radius 3 is 2.48 bits per heavy atom. The molecule has 5 nitrogen and oxygen atoms in total. The molecule has 1 aliphatic heterocycles. The first-order valence-electron chi connectivity index (χ1n) is 8.48. The van der Waals surface area contributed by atoms with Crippen molar-refractivity contribution >= 4 is 27.3 Å². The maximum absolute atomic E-state index is 12.5. The summed E-state index contributed by atoms with van der Waals surface area (Å²) >= 11 is 0. The predicted molar refractivity (Wildman–Crippen MR) is 101 cm³/mol. The third kappa shape index (κ3) is 3.54. The molecule has 6 heteroatoms. The van der Waals surface area contributed by atoms with Gasteiger partial charge in [0.15, 0.2) is 0 Å². The van der Waals surface area contributed by atoms with Crippen LogP contribution < -0.4 is 9.62 Å². The Hall–Kier alpha value is -2.34. The molecular formula is C19H22N2O3S. The van der Waals surface area contributed by atoms with E-state index in [9.17, 15) is 13.2 Å². The van der Waals surface area contributed by atoms with Gasteiger partial charge < -0.3 is 5.32 Å². The van der Waals surface area contributed by atoms with Gasteiger partial charge in [0, 0.05) is 17.8 Å². The molecule has 0 radical (unpaired) electrons. The van der Waals surface area contributed by atoms with Crippen LogP contribution in [-0.2, 0) is 22.9 Å². The lowest BCUT2D eigenvalue weighted by Crippen LogP contribution is -2.30. The summed E-state index contributed by atoms with van der Waals surface area (Å²) in [6.07, 6.45) is 1.58. The second-order valence-corrected chi connectivity index (χ2v) is 8.25. The van der Waals surface area contributed by atoms with Crippen LogP contribution in [0.1, 0.15) is 35.3 Å². The number of amides is 1. The third-order valence-electron chi connectivity index (χ3n) is 4.52. The molecule has 1 N–H and O–H groups in total. The first-order chi connectivity index (χ1) is 11.9. The predicted octanol–water partition coefficient (Wildman–Crippen LogP) is 3.21. The van der Waals surface area contributed by atoms with E-state index in [2.05, 4.69) is 12.2 Å². The monoisotopic (exact) mass is 358 g/mol. The van der Waals surface area contributed by atoms with Gasteiger partial charge in [0.05, 0.1) is 11.4 Å². The zero-order chi connectivity index (χ0) is 18.0. The molecule has 0 bridgehead atoms. The molecule has 0 atom stereocenters. The molecule has 1 amide bonds. The maximum atomic E-state index is 12.5. The number of carbonyl (C=O) groups is 1. The van der Waals surface area contributed by atoms with Gasteiger partial charge in [-0.2, -0.15) is 0 Å². The van der Waals surface area contributed by atoms with E-state index >= 15 is 0 Å². The third-order valence-corrected chi connectivity index (χ3v) is 6.30. The quantitative estimate of drug-likeness (QED) is 0.892. The molecule has 0 unspecified atom stereocenters. The Bertz CT molecular complexity index is 889. The van der Waals surface area contributed by atoms with Gasteiger partial charge >= 0.3 is 0 Å².